The Morgan fingerprint density at radius 1 is 1.17 bits per heavy atom. The lowest BCUT2D eigenvalue weighted by Crippen LogP contribution is -2.34. The number of hydrogen-bond acceptors (Lipinski definition) is 6. The van der Waals surface area contributed by atoms with Crippen LogP contribution in [0.2, 0.25) is 0 Å². The van der Waals surface area contributed by atoms with Crippen LogP contribution in [0.25, 0.3) is 11.4 Å². The first kappa shape index (κ1) is 21.4. The average molecular weight is 454 g/mol. The normalized spacial score (nSPS) is 11.3. The van der Waals surface area contributed by atoms with E-state index in [9.17, 15) is 22.0 Å². The summed E-state index contributed by atoms with van der Waals surface area (Å²) in [5, 5.41) is 6.73. The summed E-state index contributed by atoms with van der Waals surface area (Å²) < 4.78 is 54.2. The lowest BCUT2D eigenvalue weighted by Gasteiger charge is -2.11. The lowest BCUT2D eigenvalue weighted by molar-refractivity contribution is -0.131. The highest BCUT2D eigenvalue weighted by atomic mass is 32.2. The molecule has 30 heavy (non-hydrogen) atoms. The van der Waals surface area contributed by atoms with Gasteiger partial charge in [-0.1, -0.05) is 12.1 Å². The molecule has 0 fully saturated rings. The highest BCUT2D eigenvalue weighted by Gasteiger charge is 2.17. The molecule has 0 saturated heterocycles. The summed E-state index contributed by atoms with van der Waals surface area (Å²) in [5.41, 5.74) is 5.22. The van der Waals surface area contributed by atoms with Crippen LogP contribution in [0, 0.1) is 4.77 Å². The molecule has 1 heterocycles. The van der Waals surface area contributed by atoms with Crippen LogP contribution in [-0.2, 0) is 21.9 Å². The number of halogens is 2. The first-order valence-electron chi connectivity index (χ1n) is 8.36. The van der Waals surface area contributed by atoms with Gasteiger partial charge in [-0.05, 0) is 48.6 Å². The van der Waals surface area contributed by atoms with Crippen LogP contribution >= 0.6 is 12.2 Å². The molecule has 1 aromatic heterocycles. The van der Waals surface area contributed by atoms with Gasteiger partial charge in [-0.2, -0.15) is 13.9 Å². The molecule has 13 heteroatoms. The van der Waals surface area contributed by atoms with Crippen molar-refractivity contribution >= 4 is 39.5 Å². The number of alkyl halides is 2. The number of aromatic nitrogens is 3. The minimum absolute atomic E-state index is 0.0142. The largest absolute Gasteiger partial charge is 0.317 e. The maximum Gasteiger partial charge on any atom is 0.317 e. The number of carbonyl (C=O) groups excluding carboxylic acids is 1. The van der Waals surface area contributed by atoms with E-state index < -0.39 is 22.4 Å². The smallest absolute Gasteiger partial charge is 0.303 e. The van der Waals surface area contributed by atoms with Crippen molar-refractivity contribution in [3.8, 4) is 11.4 Å². The molecule has 0 unspecified atom stereocenters. The summed E-state index contributed by atoms with van der Waals surface area (Å²) in [6, 6.07) is 11.8. The van der Waals surface area contributed by atoms with E-state index >= 15 is 0 Å². The van der Waals surface area contributed by atoms with Crippen LogP contribution in [0.3, 0.4) is 0 Å². The van der Waals surface area contributed by atoms with Crippen LogP contribution < -0.4 is 15.6 Å². The maximum absolute atomic E-state index is 12.7. The third kappa shape index (κ3) is 4.80. The topological polar surface area (TPSA) is 121 Å². The lowest BCUT2D eigenvalue weighted by atomic mass is 10.2. The minimum Gasteiger partial charge on any atom is -0.303 e. The van der Waals surface area contributed by atoms with Gasteiger partial charge >= 0.3 is 12.3 Å². The van der Waals surface area contributed by atoms with E-state index in [0.29, 0.717) is 21.8 Å². The minimum atomic E-state index is -3.91. The number of nitrogens with zero attached hydrogens (tertiary/aromatic N) is 2. The molecule has 0 saturated carbocycles. The van der Waals surface area contributed by atoms with Crippen molar-refractivity contribution in [1.29, 1.82) is 0 Å². The fraction of sp³-hybridized carbons (Fsp3) is 0.118. The zero-order valence-electron chi connectivity index (χ0n) is 15.4. The Balaban J connectivity index is 1.75. The Labute approximate surface area is 175 Å². The number of hydrogen-bond donors (Lipinski definition) is 4. The van der Waals surface area contributed by atoms with Gasteiger partial charge in [-0.3, -0.25) is 25.5 Å². The predicted octanol–water partition coefficient (Wildman–Crippen LogP) is 2.65. The predicted molar refractivity (Wildman–Crippen MR) is 109 cm³/mol. The van der Waals surface area contributed by atoms with E-state index in [1.54, 1.807) is 23.7 Å². The van der Waals surface area contributed by atoms with Crippen LogP contribution in [-0.4, -0.2) is 35.5 Å². The van der Waals surface area contributed by atoms with E-state index in [-0.39, 0.29) is 10.6 Å². The second-order valence-electron chi connectivity index (χ2n) is 6.04. The van der Waals surface area contributed by atoms with Crippen molar-refractivity contribution in [1.82, 2.24) is 20.2 Å². The molecule has 4 N–H and O–H groups in total. The molecule has 0 radical (unpaired) electrons. The van der Waals surface area contributed by atoms with Crippen molar-refractivity contribution in [3.63, 3.8) is 0 Å². The number of H-pyrrole nitrogens is 1. The number of carbonyl (C=O) groups is 1. The van der Waals surface area contributed by atoms with Gasteiger partial charge in [-0.25, -0.2) is 8.42 Å². The molecule has 2 aromatic carbocycles. The molecule has 9 nitrogen and oxygen atoms in total. The van der Waals surface area contributed by atoms with Gasteiger partial charge in [-0.15, -0.1) is 0 Å². The van der Waals surface area contributed by atoms with Crippen molar-refractivity contribution in [3.05, 3.63) is 53.3 Å². The Morgan fingerprint density at radius 2 is 1.83 bits per heavy atom. The first-order valence-corrected chi connectivity index (χ1v) is 10.3. The zero-order chi connectivity index (χ0) is 21.9. The highest BCUT2D eigenvalue weighted by Crippen LogP contribution is 2.23. The third-order valence-electron chi connectivity index (χ3n) is 3.95. The van der Waals surface area contributed by atoms with Crippen LogP contribution in [0.15, 0.2) is 53.4 Å². The number of anilines is 2. The van der Waals surface area contributed by atoms with Crippen molar-refractivity contribution < 1.29 is 22.0 Å². The standard InChI is InChI=1S/C17H16F2N6O3S2/c1-25-15(21-23-17(25)29)10-3-2-4-13(9-10)30(27,28)24-12-7-5-11(6-8-12)20-22-16(26)14(18)19/h2-9,14,20,24H,1H3,(H,22,26)(H,23,29). The number of rotatable bonds is 7. The molecule has 0 spiro atoms. The second kappa shape index (κ2) is 8.59. The Hall–Kier alpha value is -3.32. The third-order valence-corrected chi connectivity index (χ3v) is 5.69. The molecule has 3 aromatic rings. The van der Waals surface area contributed by atoms with Crippen LogP contribution in [0.5, 0.6) is 0 Å². The number of benzene rings is 2. The Morgan fingerprint density at radius 3 is 2.43 bits per heavy atom. The number of nitrogens with one attached hydrogen (secondary N) is 4. The number of aromatic amines is 1. The van der Waals surface area contributed by atoms with Gasteiger partial charge in [0.05, 0.1) is 10.6 Å². The van der Waals surface area contributed by atoms with Gasteiger partial charge in [0.15, 0.2) is 10.6 Å². The SMILES string of the molecule is Cn1c(-c2cccc(S(=O)(=O)Nc3ccc(NNC(=O)C(F)F)cc3)c2)n[nH]c1=S. The highest BCUT2D eigenvalue weighted by molar-refractivity contribution is 7.92. The van der Waals surface area contributed by atoms with Crippen molar-refractivity contribution in [2.24, 2.45) is 7.05 Å². The van der Waals surface area contributed by atoms with Gasteiger partial charge in [0.25, 0.3) is 10.0 Å². The fourth-order valence-electron chi connectivity index (χ4n) is 2.43. The molecule has 0 aliphatic heterocycles. The van der Waals surface area contributed by atoms with E-state index in [1.165, 1.54) is 36.4 Å². The molecule has 0 aliphatic rings. The Kier molecular flexibility index (Phi) is 6.12. The van der Waals surface area contributed by atoms with Crippen LogP contribution in [0.4, 0.5) is 20.2 Å². The molecule has 1 amide bonds. The molecule has 3 rings (SSSR count). The summed E-state index contributed by atoms with van der Waals surface area (Å²) >= 11 is 5.07. The first-order chi connectivity index (χ1) is 14.2. The van der Waals surface area contributed by atoms with Gasteiger partial charge in [0.1, 0.15) is 0 Å². The summed E-state index contributed by atoms with van der Waals surface area (Å²) in [6.07, 6.45) is -3.15. The number of hydrazine groups is 1. The number of amides is 1. The second-order valence-corrected chi connectivity index (χ2v) is 8.11. The van der Waals surface area contributed by atoms with E-state index in [1.807, 2.05) is 5.43 Å². The van der Waals surface area contributed by atoms with Gasteiger partial charge < -0.3 is 4.57 Å². The van der Waals surface area contributed by atoms with E-state index in [0.717, 1.165) is 0 Å². The summed E-state index contributed by atoms with van der Waals surface area (Å²) in [4.78, 5) is 10.9. The Bertz CT molecular complexity index is 1220. The van der Waals surface area contributed by atoms with Gasteiger partial charge in [0, 0.05) is 18.3 Å². The summed E-state index contributed by atoms with van der Waals surface area (Å²) in [7, 11) is -2.20. The summed E-state index contributed by atoms with van der Waals surface area (Å²) in [6.45, 7) is 0. The molecular weight excluding hydrogens is 438 g/mol. The average Bonchev–Trinajstić information content (AvgIpc) is 3.05. The van der Waals surface area contributed by atoms with Gasteiger partial charge in [0.2, 0.25) is 0 Å². The zero-order valence-corrected chi connectivity index (χ0v) is 17.0. The maximum atomic E-state index is 12.7. The molecule has 0 atom stereocenters. The fourth-order valence-corrected chi connectivity index (χ4v) is 3.67. The number of sulfonamides is 1. The van der Waals surface area contributed by atoms with E-state index in [2.05, 4.69) is 20.3 Å². The molecule has 158 valence electrons. The van der Waals surface area contributed by atoms with Crippen molar-refractivity contribution in [2.45, 2.75) is 11.3 Å². The quantitative estimate of drug-likeness (QED) is 0.322. The van der Waals surface area contributed by atoms with Crippen LogP contribution in [0.1, 0.15) is 0 Å². The van der Waals surface area contributed by atoms with E-state index in [4.69, 9.17) is 12.2 Å². The molecule has 0 bridgehead atoms. The van der Waals surface area contributed by atoms with Crippen molar-refractivity contribution in [2.75, 3.05) is 10.1 Å². The monoisotopic (exact) mass is 454 g/mol. The molecule has 0 aliphatic carbocycles. The summed E-state index contributed by atoms with van der Waals surface area (Å²) in [5.74, 6) is -0.994. The molecular formula is C17H16F2N6O3S2.